The van der Waals surface area contributed by atoms with Gasteiger partial charge in [0.2, 0.25) is 0 Å². The van der Waals surface area contributed by atoms with E-state index in [0.29, 0.717) is 17.1 Å². The minimum atomic E-state index is 0.545. The van der Waals surface area contributed by atoms with Gasteiger partial charge in [-0.05, 0) is 29.8 Å². The number of nitrogens with zero attached hydrogens (tertiary/aromatic N) is 1. The second-order valence-electron chi connectivity index (χ2n) is 4.60. The van der Waals surface area contributed by atoms with E-state index in [1.807, 2.05) is 30.3 Å². The van der Waals surface area contributed by atoms with E-state index in [1.54, 1.807) is 26.4 Å². The number of hydrogen-bond donors (Lipinski definition) is 1. The summed E-state index contributed by atoms with van der Waals surface area (Å²) in [5.74, 6) is 1.46. The highest BCUT2D eigenvalue weighted by Gasteiger charge is 2.05. The maximum absolute atomic E-state index is 8.93. The van der Waals surface area contributed by atoms with Crippen LogP contribution in [0.4, 0.5) is 0 Å². The first-order chi connectivity index (χ1) is 10.7. The third-order valence-electron chi connectivity index (χ3n) is 3.12. The Hall–Kier alpha value is -2.58. The summed E-state index contributed by atoms with van der Waals surface area (Å²) < 4.78 is 10.5. The van der Waals surface area contributed by atoms with Crippen LogP contribution >= 0.6 is 12.2 Å². The molecule has 2 rings (SSSR count). The third kappa shape index (κ3) is 3.96. The lowest BCUT2D eigenvalue weighted by Crippen LogP contribution is -2.21. The molecule has 0 radical (unpaired) electrons. The molecular formula is C17H16N2O2S. The molecule has 0 saturated heterocycles. The molecule has 0 unspecified atom stereocenters. The average molecular weight is 312 g/mol. The second kappa shape index (κ2) is 7.43. The lowest BCUT2D eigenvalue weighted by atomic mass is 10.1. The summed E-state index contributed by atoms with van der Waals surface area (Å²) in [6.07, 6.45) is 0. The highest BCUT2D eigenvalue weighted by Crippen LogP contribution is 2.22. The van der Waals surface area contributed by atoms with Gasteiger partial charge in [0, 0.05) is 18.2 Å². The molecule has 4 nitrogen and oxygen atoms in total. The zero-order valence-electron chi connectivity index (χ0n) is 12.4. The molecule has 22 heavy (non-hydrogen) atoms. The van der Waals surface area contributed by atoms with Gasteiger partial charge < -0.3 is 14.8 Å². The van der Waals surface area contributed by atoms with Gasteiger partial charge in [0.05, 0.1) is 25.9 Å². The van der Waals surface area contributed by atoms with Crippen LogP contribution in [0.5, 0.6) is 11.5 Å². The standard InChI is InChI=1S/C17H16N2O2S/c1-20-15-7-13(8-16(9-15)21-2)11-19-17(22)14-5-3-4-12(6-14)10-18/h3-9H,11H2,1-2H3,(H,19,22). The van der Waals surface area contributed by atoms with Gasteiger partial charge in [-0.15, -0.1) is 0 Å². The molecule has 0 aliphatic rings. The molecule has 0 fully saturated rings. The van der Waals surface area contributed by atoms with Crippen LogP contribution in [0.25, 0.3) is 0 Å². The van der Waals surface area contributed by atoms with E-state index in [1.165, 1.54) is 0 Å². The lowest BCUT2D eigenvalue weighted by molar-refractivity contribution is 0.393. The van der Waals surface area contributed by atoms with E-state index in [4.69, 9.17) is 27.0 Å². The van der Waals surface area contributed by atoms with Crippen molar-refractivity contribution in [1.82, 2.24) is 5.32 Å². The van der Waals surface area contributed by atoms with Crippen LogP contribution in [0.15, 0.2) is 42.5 Å². The topological polar surface area (TPSA) is 54.3 Å². The van der Waals surface area contributed by atoms with Gasteiger partial charge >= 0.3 is 0 Å². The summed E-state index contributed by atoms with van der Waals surface area (Å²) in [5.41, 5.74) is 2.41. The van der Waals surface area contributed by atoms with Crippen LogP contribution in [0.2, 0.25) is 0 Å². The Bertz CT molecular complexity index is 701. The van der Waals surface area contributed by atoms with Crippen molar-refractivity contribution in [2.75, 3.05) is 14.2 Å². The predicted molar refractivity (Wildman–Crippen MR) is 89.2 cm³/mol. The quantitative estimate of drug-likeness (QED) is 0.860. The van der Waals surface area contributed by atoms with Crippen molar-refractivity contribution in [2.45, 2.75) is 6.54 Å². The molecule has 0 aliphatic heterocycles. The van der Waals surface area contributed by atoms with Crippen LogP contribution in [0.3, 0.4) is 0 Å². The fourth-order valence-corrected chi connectivity index (χ4v) is 2.18. The summed E-state index contributed by atoms with van der Waals surface area (Å²) in [6.45, 7) is 0.545. The molecule has 112 valence electrons. The number of thiocarbonyl (C=S) groups is 1. The minimum absolute atomic E-state index is 0.545. The zero-order valence-corrected chi connectivity index (χ0v) is 13.2. The molecule has 0 amide bonds. The van der Waals surface area contributed by atoms with Gasteiger partial charge in [0.25, 0.3) is 0 Å². The Kier molecular flexibility index (Phi) is 5.34. The zero-order chi connectivity index (χ0) is 15.9. The van der Waals surface area contributed by atoms with Crippen LogP contribution in [-0.4, -0.2) is 19.2 Å². The predicted octanol–water partition coefficient (Wildman–Crippen LogP) is 3.04. The minimum Gasteiger partial charge on any atom is -0.497 e. The number of methoxy groups -OCH3 is 2. The molecule has 0 saturated carbocycles. The highest BCUT2D eigenvalue weighted by atomic mass is 32.1. The van der Waals surface area contributed by atoms with Crippen molar-refractivity contribution in [3.63, 3.8) is 0 Å². The first-order valence-corrected chi connectivity index (χ1v) is 7.07. The monoisotopic (exact) mass is 312 g/mol. The van der Waals surface area contributed by atoms with Gasteiger partial charge in [-0.25, -0.2) is 0 Å². The van der Waals surface area contributed by atoms with E-state index < -0.39 is 0 Å². The van der Waals surface area contributed by atoms with E-state index in [2.05, 4.69) is 11.4 Å². The Morgan fingerprint density at radius 3 is 2.41 bits per heavy atom. The van der Waals surface area contributed by atoms with Crippen LogP contribution < -0.4 is 14.8 Å². The number of hydrogen-bond acceptors (Lipinski definition) is 4. The third-order valence-corrected chi connectivity index (χ3v) is 3.50. The number of rotatable bonds is 5. The van der Waals surface area contributed by atoms with E-state index >= 15 is 0 Å². The first kappa shape index (κ1) is 15.8. The van der Waals surface area contributed by atoms with Crippen molar-refractivity contribution in [3.8, 4) is 17.6 Å². The number of ether oxygens (including phenoxy) is 2. The number of nitriles is 1. The molecule has 0 atom stereocenters. The van der Waals surface area contributed by atoms with Crippen LogP contribution in [0, 0.1) is 11.3 Å². The Balaban J connectivity index is 2.09. The summed E-state index contributed by atoms with van der Waals surface area (Å²) in [5, 5.41) is 12.1. The fourth-order valence-electron chi connectivity index (χ4n) is 1.98. The Morgan fingerprint density at radius 2 is 1.82 bits per heavy atom. The van der Waals surface area contributed by atoms with Gasteiger partial charge in [0.15, 0.2) is 0 Å². The van der Waals surface area contributed by atoms with E-state index in [-0.39, 0.29) is 0 Å². The van der Waals surface area contributed by atoms with Crippen molar-refractivity contribution in [3.05, 3.63) is 59.2 Å². The van der Waals surface area contributed by atoms with E-state index in [9.17, 15) is 0 Å². The second-order valence-corrected chi connectivity index (χ2v) is 5.00. The molecular weight excluding hydrogens is 296 g/mol. The highest BCUT2D eigenvalue weighted by molar-refractivity contribution is 7.80. The van der Waals surface area contributed by atoms with Gasteiger partial charge in [-0.1, -0.05) is 24.4 Å². The van der Waals surface area contributed by atoms with Crippen LogP contribution in [0.1, 0.15) is 16.7 Å². The average Bonchev–Trinajstić information content (AvgIpc) is 2.59. The molecule has 2 aromatic carbocycles. The molecule has 0 heterocycles. The molecule has 2 aromatic rings. The molecule has 0 bridgehead atoms. The molecule has 0 aliphatic carbocycles. The van der Waals surface area contributed by atoms with Crippen LogP contribution in [-0.2, 0) is 6.54 Å². The summed E-state index contributed by atoms with van der Waals surface area (Å²) in [7, 11) is 3.23. The summed E-state index contributed by atoms with van der Waals surface area (Å²) >= 11 is 5.37. The van der Waals surface area contributed by atoms with Crippen molar-refractivity contribution in [1.29, 1.82) is 5.26 Å². The molecule has 0 aromatic heterocycles. The van der Waals surface area contributed by atoms with E-state index in [0.717, 1.165) is 22.6 Å². The number of benzene rings is 2. The normalized spacial score (nSPS) is 9.68. The largest absolute Gasteiger partial charge is 0.497 e. The Morgan fingerprint density at radius 1 is 1.14 bits per heavy atom. The van der Waals surface area contributed by atoms with Gasteiger partial charge in [-0.2, -0.15) is 5.26 Å². The lowest BCUT2D eigenvalue weighted by Gasteiger charge is -2.11. The smallest absolute Gasteiger partial charge is 0.122 e. The maximum atomic E-state index is 8.93. The first-order valence-electron chi connectivity index (χ1n) is 6.66. The van der Waals surface area contributed by atoms with Crippen molar-refractivity contribution in [2.24, 2.45) is 0 Å². The molecule has 1 N–H and O–H groups in total. The van der Waals surface area contributed by atoms with Crippen molar-refractivity contribution >= 4 is 17.2 Å². The summed E-state index contributed by atoms with van der Waals surface area (Å²) in [4.78, 5) is 0.596. The molecule has 5 heteroatoms. The molecule has 0 spiro atoms. The Labute approximate surface area is 135 Å². The SMILES string of the molecule is COc1cc(CNC(=S)c2cccc(C#N)c2)cc(OC)c1. The van der Waals surface area contributed by atoms with Gasteiger partial charge in [0.1, 0.15) is 16.5 Å². The number of nitrogens with one attached hydrogen (secondary N) is 1. The van der Waals surface area contributed by atoms with Crippen molar-refractivity contribution < 1.29 is 9.47 Å². The summed E-state index contributed by atoms with van der Waals surface area (Å²) in [6, 6.07) is 15.0. The fraction of sp³-hybridized carbons (Fsp3) is 0.176. The maximum Gasteiger partial charge on any atom is 0.122 e. The van der Waals surface area contributed by atoms with Gasteiger partial charge in [-0.3, -0.25) is 0 Å².